The fourth-order valence-electron chi connectivity index (χ4n) is 2.51. The minimum atomic E-state index is -1.41. The van der Waals surface area contributed by atoms with Crippen molar-refractivity contribution in [3.05, 3.63) is 35.9 Å². The highest BCUT2D eigenvalue weighted by molar-refractivity contribution is 5.87. The molecule has 0 unspecified atom stereocenters. The monoisotopic (exact) mass is 364 g/mol. The lowest BCUT2D eigenvalue weighted by Crippen LogP contribution is -2.53. The van der Waals surface area contributed by atoms with Crippen LogP contribution in [0.15, 0.2) is 30.3 Å². The van der Waals surface area contributed by atoms with E-state index in [-0.39, 0.29) is 5.92 Å². The van der Waals surface area contributed by atoms with Crippen LogP contribution in [0.3, 0.4) is 0 Å². The van der Waals surface area contributed by atoms with Gasteiger partial charge < -0.3 is 20.9 Å². The Labute approximate surface area is 156 Å². The number of carbonyl (C=O) groups is 2. The van der Waals surface area contributed by atoms with Crippen LogP contribution in [0.25, 0.3) is 0 Å². The lowest BCUT2D eigenvalue weighted by molar-refractivity contribution is -0.159. The summed E-state index contributed by atoms with van der Waals surface area (Å²) in [5.41, 5.74) is 6.25. The molecule has 1 amide bonds. The number of nitrogens with two attached hydrogens (primary N) is 1. The molecule has 3 atom stereocenters. The molecule has 1 aromatic rings. The number of benzene rings is 1. The summed E-state index contributed by atoms with van der Waals surface area (Å²) in [4.78, 5) is 24.8. The van der Waals surface area contributed by atoms with Gasteiger partial charge in [-0.1, -0.05) is 44.2 Å². The molecular weight excluding hydrogens is 332 g/mol. The van der Waals surface area contributed by atoms with Gasteiger partial charge in [-0.2, -0.15) is 0 Å². The molecule has 1 rings (SSSR count). The summed E-state index contributed by atoms with van der Waals surface area (Å²) in [5, 5.41) is 12.8. The van der Waals surface area contributed by atoms with Crippen molar-refractivity contribution in [2.45, 2.75) is 71.2 Å². The Bertz CT molecular complexity index is 581. The van der Waals surface area contributed by atoms with Crippen LogP contribution >= 0.6 is 0 Å². The zero-order chi connectivity index (χ0) is 19.9. The van der Waals surface area contributed by atoms with Crippen molar-refractivity contribution >= 4 is 11.9 Å². The van der Waals surface area contributed by atoms with Crippen molar-refractivity contribution in [3.8, 4) is 0 Å². The van der Waals surface area contributed by atoms with E-state index in [9.17, 15) is 14.7 Å². The Morgan fingerprint density at radius 3 is 2.27 bits per heavy atom. The fourth-order valence-corrected chi connectivity index (χ4v) is 2.51. The van der Waals surface area contributed by atoms with Crippen molar-refractivity contribution in [2.75, 3.05) is 0 Å². The number of aliphatic hydroxyl groups excluding tert-OH is 1. The Morgan fingerprint density at radius 2 is 1.77 bits per heavy atom. The first-order valence-corrected chi connectivity index (χ1v) is 9.00. The molecule has 0 heterocycles. The van der Waals surface area contributed by atoms with E-state index in [1.54, 1.807) is 20.8 Å². The molecule has 0 aliphatic rings. The number of esters is 1. The first kappa shape index (κ1) is 22.1. The van der Waals surface area contributed by atoms with E-state index in [1.807, 2.05) is 44.2 Å². The molecule has 1 aromatic carbocycles. The minimum Gasteiger partial charge on any atom is -0.458 e. The van der Waals surface area contributed by atoms with E-state index in [4.69, 9.17) is 10.5 Å². The van der Waals surface area contributed by atoms with Crippen LogP contribution < -0.4 is 11.1 Å². The van der Waals surface area contributed by atoms with Gasteiger partial charge >= 0.3 is 5.97 Å². The molecule has 0 fully saturated rings. The van der Waals surface area contributed by atoms with Crippen LogP contribution in [0.5, 0.6) is 0 Å². The molecule has 0 saturated heterocycles. The maximum atomic E-state index is 12.4. The zero-order valence-corrected chi connectivity index (χ0v) is 16.4. The number of hydrogen-bond donors (Lipinski definition) is 3. The van der Waals surface area contributed by atoms with Gasteiger partial charge in [0, 0.05) is 6.04 Å². The van der Waals surface area contributed by atoms with Crippen molar-refractivity contribution in [1.82, 2.24) is 5.32 Å². The van der Waals surface area contributed by atoms with Gasteiger partial charge in [0.2, 0.25) is 0 Å². The molecule has 4 N–H and O–H groups in total. The zero-order valence-electron chi connectivity index (χ0n) is 16.4. The molecule has 6 nitrogen and oxygen atoms in total. The quantitative estimate of drug-likeness (QED) is 0.611. The van der Waals surface area contributed by atoms with Crippen molar-refractivity contribution in [3.63, 3.8) is 0 Å². The number of aliphatic hydroxyl groups is 1. The third-order valence-electron chi connectivity index (χ3n) is 3.70. The molecule has 0 spiro atoms. The van der Waals surface area contributed by atoms with Gasteiger partial charge in [0.1, 0.15) is 17.7 Å². The van der Waals surface area contributed by atoms with E-state index in [0.29, 0.717) is 12.8 Å². The highest BCUT2D eigenvalue weighted by atomic mass is 16.6. The average Bonchev–Trinajstić information content (AvgIpc) is 2.52. The van der Waals surface area contributed by atoms with Gasteiger partial charge in [-0.3, -0.25) is 4.79 Å². The topological polar surface area (TPSA) is 102 Å². The number of rotatable bonds is 8. The van der Waals surface area contributed by atoms with E-state index < -0.39 is 35.7 Å². The van der Waals surface area contributed by atoms with E-state index in [0.717, 1.165) is 5.56 Å². The molecule has 0 aliphatic heterocycles. The van der Waals surface area contributed by atoms with E-state index >= 15 is 0 Å². The van der Waals surface area contributed by atoms with Gasteiger partial charge in [0.15, 0.2) is 0 Å². The Hall–Kier alpha value is -1.92. The van der Waals surface area contributed by atoms with Crippen LogP contribution in [0.2, 0.25) is 0 Å². The lowest BCUT2D eigenvalue weighted by atomic mass is 10.00. The standard InChI is InChI=1S/C20H32N2O4/c1-13(2)11-16(19(25)26-20(3,4)5)22-18(24)17(23)15(21)12-14-9-7-6-8-10-14/h6-10,13,15-17,23H,11-12,21H2,1-5H3,(H,22,24)/t15-,16+,17+/m1/s1. The number of carbonyl (C=O) groups excluding carboxylic acids is 2. The van der Waals surface area contributed by atoms with Gasteiger partial charge in [0.05, 0.1) is 0 Å². The second kappa shape index (κ2) is 9.69. The normalized spacial score (nSPS) is 15.2. The van der Waals surface area contributed by atoms with E-state index in [2.05, 4.69) is 5.32 Å². The molecule has 0 bridgehead atoms. The van der Waals surface area contributed by atoms with Crippen LogP contribution in [0.1, 0.15) is 46.6 Å². The molecule has 0 radical (unpaired) electrons. The smallest absolute Gasteiger partial charge is 0.329 e. The molecule has 26 heavy (non-hydrogen) atoms. The van der Waals surface area contributed by atoms with Crippen LogP contribution in [-0.4, -0.2) is 40.8 Å². The summed E-state index contributed by atoms with van der Waals surface area (Å²) in [6, 6.07) is 7.80. The van der Waals surface area contributed by atoms with Crippen LogP contribution in [-0.2, 0) is 20.7 Å². The van der Waals surface area contributed by atoms with Crippen LogP contribution in [0.4, 0.5) is 0 Å². The first-order chi connectivity index (χ1) is 12.0. The average molecular weight is 364 g/mol. The lowest BCUT2D eigenvalue weighted by Gasteiger charge is -2.27. The Morgan fingerprint density at radius 1 is 1.19 bits per heavy atom. The summed E-state index contributed by atoms with van der Waals surface area (Å²) >= 11 is 0. The SMILES string of the molecule is CC(C)C[C@H](NC(=O)[C@@H](O)[C@H](N)Cc1ccccc1)C(=O)OC(C)(C)C. The number of amides is 1. The summed E-state index contributed by atoms with van der Waals surface area (Å²) < 4.78 is 5.37. The van der Waals surface area contributed by atoms with Crippen LogP contribution in [0, 0.1) is 5.92 Å². The summed E-state index contributed by atoms with van der Waals surface area (Å²) in [6.07, 6.45) is -0.634. The second-order valence-electron chi connectivity index (χ2n) is 8.02. The number of hydrogen-bond acceptors (Lipinski definition) is 5. The number of ether oxygens (including phenoxy) is 1. The molecule has 0 aromatic heterocycles. The molecule has 0 aliphatic carbocycles. The third-order valence-corrected chi connectivity index (χ3v) is 3.70. The van der Waals surface area contributed by atoms with Crippen molar-refractivity contribution < 1.29 is 19.4 Å². The first-order valence-electron chi connectivity index (χ1n) is 9.00. The molecular formula is C20H32N2O4. The third kappa shape index (κ3) is 7.97. The predicted molar refractivity (Wildman–Crippen MR) is 101 cm³/mol. The second-order valence-corrected chi connectivity index (χ2v) is 8.02. The fraction of sp³-hybridized carbons (Fsp3) is 0.600. The molecule has 6 heteroatoms. The van der Waals surface area contributed by atoms with E-state index in [1.165, 1.54) is 0 Å². The summed E-state index contributed by atoms with van der Waals surface area (Å²) in [5.74, 6) is -1.00. The highest BCUT2D eigenvalue weighted by Crippen LogP contribution is 2.13. The maximum Gasteiger partial charge on any atom is 0.329 e. The molecule has 146 valence electrons. The summed E-state index contributed by atoms with van der Waals surface area (Å²) in [7, 11) is 0. The van der Waals surface area contributed by atoms with Gasteiger partial charge in [-0.15, -0.1) is 0 Å². The largest absolute Gasteiger partial charge is 0.458 e. The maximum absolute atomic E-state index is 12.4. The molecule has 0 saturated carbocycles. The number of nitrogens with one attached hydrogen (secondary N) is 1. The van der Waals surface area contributed by atoms with Gasteiger partial charge in [-0.25, -0.2) is 4.79 Å². The minimum absolute atomic E-state index is 0.169. The van der Waals surface area contributed by atoms with Gasteiger partial charge in [0.25, 0.3) is 5.91 Å². The van der Waals surface area contributed by atoms with Crippen molar-refractivity contribution in [1.29, 1.82) is 0 Å². The summed E-state index contributed by atoms with van der Waals surface area (Å²) in [6.45, 7) is 9.19. The van der Waals surface area contributed by atoms with Gasteiger partial charge in [-0.05, 0) is 45.1 Å². The Kier molecular flexibility index (Phi) is 8.24. The predicted octanol–water partition coefficient (Wildman–Crippen LogP) is 1.79. The Balaban J connectivity index is 2.73. The van der Waals surface area contributed by atoms with Crippen molar-refractivity contribution in [2.24, 2.45) is 11.7 Å². The highest BCUT2D eigenvalue weighted by Gasteiger charge is 2.31.